The van der Waals surface area contributed by atoms with Crippen molar-refractivity contribution in [2.45, 2.75) is 5.92 Å². The Morgan fingerprint density at radius 3 is 2.48 bits per heavy atom. The highest BCUT2D eigenvalue weighted by molar-refractivity contribution is 7.13. The minimum absolute atomic E-state index is 0.00676. The van der Waals surface area contributed by atoms with Crippen LogP contribution in [-0.4, -0.2) is 18.3 Å². The van der Waals surface area contributed by atoms with Crippen LogP contribution < -0.4 is 4.74 Å². The average Bonchev–Trinajstić information content (AvgIpc) is 3.17. The van der Waals surface area contributed by atoms with Crippen LogP contribution in [0.25, 0.3) is 10.4 Å². The van der Waals surface area contributed by atoms with Gasteiger partial charge in [-0.1, -0.05) is 18.2 Å². The molecule has 1 atom stereocenters. The number of hydrogen-bond acceptors (Lipinski definition) is 5. The Hall–Kier alpha value is -2.99. The first kappa shape index (κ1) is 16.9. The second-order valence-electron chi connectivity index (χ2n) is 5.40. The van der Waals surface area contributed by atoms with Crippen LogP contribution >= 0.6 is 11.3 Å². The predicted molar refractivity (Wildman–Crippen MR) is 97.3 cm³/mol. The van der Waals surface area contributed by atoms with Crippen molar-refractivity contribution in [1.82, 2.24) is 0 Å². The van der Waals surface area contributed by atoms with E-state index in [9.17, 15) is 14.9 Å². The SMILES string of the molecule is COc1ccc(-c2cccs2)cc1C(C=O)c1ccc([N+](=O)[O-])cc1. The zero-order valence-electron chi connectivity index (χ0n) is 13.4. The van der Waals surface area contributed by atoms with Crippen molar-refractivity contribution >= 4 is 23.3 Å². The van der Waals surface area contributed by atoms with E-state index in [4.69, 9.17) is 4.74 Å². The summed E-state index contributed by atoms with van der Waals surface area (Å²) in [7, 11) is 1.56. The van der Waals surface area contributed by atoms with Crippen molar-refractivity contribution in [3.63, 3.8) is 0 Å². The molecule has 2 aromatic carbocycles. The lowest BCUT2D eigenvalue weighted by Crippen LogP contribution is -2.05. The summed E-state index contributed by atoms with van der Waals surface area (Å²) in [5.74, 6) is 0.0476. The molecule has 0 N–H and O–H groups in total. The third-order valence-electron chi connectivity index (χ3n) is 3.97. The molecule has 5 nitrogen and oxygen atoms in total. The summed E-state index contributed by atoms with van der Waals surface area (Å²) in [6.07, 6.45) is 0.831. The van der Waals surface area contributed by atoms with E-state index in [2.05, 4.69) is 0 Å². The molecule has 6 heteroatoms. The number of rotatable bonds is 6. The number of non-ortho nitro benzene ring substituents is 1. The van der Waals surface area contributed by atoms with Gasteiger partial charge < -0.3 is 9.53 Å². The normalized spacial score (nSPS) is 11.7. The van der Waals surface area contributed by atoms with Gasteiger partial charge in [-0.25, -0.2) is 0 Å². The predicted octanol–water partition coefficient (Wildman–Crippen LogP) is 4.66. The van der Waals surface area contributed by atoms with Crippen molar-refractivity contribution in [1.29, 1.82) is 0 Å². The second-order valence-corrected chi connectivity index (χ2v) is 6.34. The van der Waals surface area contributed by atoms with Crippen LogP contribution in [0.5, 0.6) is 5.75 Å². The highest BCUT2D eigenvalue weighted by atomic mass is 32.1. The van der Waals surface area contributed by atoms with Gasteiger partial charge in [-0.3, -0.25) is 10.1 Å². The summed E-state index contributed by atoms with van der Waals surface area (Å²) in [6, 6.07) is 15.7. The summed E-state index contributed by atoms with van der Waals surface area (Å²) >= 11 is 1.61. The smallest absolute Gasteiger partial charge is 0.269 e. The fourth-order valence-electron chi connectivity index (χ4n) is 2.71. The van der Waals surface area contributed by atoms with Gasteiger partial charge in [-0.2, -0.15) is 0 Å². The number of methoxy groups -OCH3 is 1. The molecule has 0 spiro atoms. The largest absolute Gasteiger partial charge is 0.496 e. The third-order valence-corrected chi connectivity index (χ3v) is 4.89. The number of carbonyl (C=O) groups is 1. The average molecular weight is 353 g/mol. The Bertz CT molecular complexity index is 888. The fourth-order valence-corrected chi connectivity index (χ4v) is 3.43. The third kappa shape index (κ3) is 3.44. The van der Waals surface area contributed by atoms with Crippen molar-refractivity contribution in [2.75, 3.05) is 7.11 Å². The summed E-state index contributed by atoms with van der Waals surface area (Å²) < 4.78 is 5.42. The van der Waals surface area contributed by atoms with Crippen LogP contribution in [0.15, 0.2) is 60.0 Å². The summed E-state index contributed by atoms with van der Waals surface area (Å²) in [5.41, 5.74) is 2.41. The van der Waals surface area contributed by atoms with Gasteiger partial charge in [0.1, 0.15) is 12.0 Å². The lowest BCUT2D eigenvalue weighted by molar-refractivity contribution is -0.384. The van der Waals surface area contributed by atoms with Crippen LogP contribution in [0.1, 0.15) is 17.0 Å². The summed E-state index contributed by atoms with van der Waals surface area (Å²) in [5, 5.41) is 12.8. The molecular weight excluding hydrogens is 338 g/mol. The molecule has 126 valence electrons. The molecule has 0 amide bonds. The van der Waals surface area contributed by atoms with E-state index in [1.807, 2.05) is 35.7 Å². The van der Waals surface area contributed by atoms with Crippen LogP contribution in [0, 0.1) is 10.1 Å². The molecule has 0 bridgehead atoms. The molecule has 3 rings (SSSR count). The number of carbonyl (C=O) groups excluding carboxylic acids is 1. The minimum atomic E-state index is -0.560. The Labute approximate surface area is 148 Å². The first-order chi connectivity index (χ1) is 12.1. The molecule has 25 heavy (non-hydrogen) atoms. The molecule has 0 radical (unpaired) electrons. The van der Waals surface area contributed by atoms with Gasteiger partial charge in [-0.15, -0.1) is 11.3 Å². The van der Waals surface area contributed by atoms with Crippen molar-refractivity contribution < 1.29 is 14.5 Å². The van der Waals surface area contributed by atoms with Crippen molar-refractivity contribution in [2.24, 2.45) is 0 Å². The molecule has 1 unspecified atom stereocenters. The molecule has 1 aromatic heterocycles. The standard InChI is InChI=1S/C19H15NO4S/c1-24-18-9-6-14(19-3-2-10-25-19)11-16(18)17(12-21)13-4-7-15(8-5-13)20(22)23/h2-12,17H,1H3. The minimum Gasteiger partial charge on any atom is -0.496 e. The molecule has 3 aromatic rings. The molecule has 0 aliphatic carbocycles. The first-order valence-electron chi connectivity index (χ1n) is 7.55. The van der Waals surface area contributed by atoms with Gasteiger partial charge in [0, 0.05) is 22.6 Å². The van der Waals surface area contributed by atoms with E-state index >= 15 is 0 Å². The second kappa shape index (κ2) is 7.27. The molecule has 0 saturated heterocycles. The molecular formula is C19H15NO4S. The molecule has 0 fully saturated rings. The summed E-state index contributed by atoms with van der Waals surface area (Å²) in [6.45, 7) is 0. The zero-order chi connectivity index (χ0) is 17.8. The molecule has 0 aliphatic rings. The van der Waals surface area contributed by atoms with E-state index in [1.165, 1.54) is 12.1 Å². The van der Waals surface area contributed by atoms with E-state index in [1.54, 1.807) is 30.6 Å². The Kier molecular flexibility index (Phi) is 4.90. The van der Waals surface area contributed by atoms with Crippen LogP contribution in [-0.2, 0) is 4.79 Å². The maximum Gasteiger partial charge on any atom is 0.269 e. The molecule has 0 aliphatic heterocycles. The van der Waals surface area contributed by atoms with Gasteiger partial charge in [0.2, 0.25) is 0 Å². The van der Waals surface area contributed by atoms with Crippen LogP contribution in [0.2, 0.25) is 0 Å². The van der Waals surface area contributed by atoms with Crippen molar-refractivity contribution in [3.05, 3.63) is 81.2 Å². The number of thiophene rings is 1. The Balaban J connectivity index is 2.06. The van der Waals surface area contributed by atoms with Crippen LogP contribution in [0.3, 0.4) is 0 Å². The lowest BCUT2D eigenvalue weighted by atomic mass is 9.90. The van der Waals surface area contributed by atoms with E-state index in [0.717, 1.165) is 22.3 Å². The van der Waals surface area contributed by atoms with Gasteiger partial charge in [-0.05, 0) is 40.8 Å². The molecule has 0 saturated carbocycles. The van der Waals surface area contributed by atoms with Gasteiger partial charge in [0.05, 0.1) is 18.0 Å². The highest BCUT2D eigenvalue weighted by Crippen LogP contribution is 2.36. The number of nitro benzene ring substituents is 1. The van der Waals surface area contributed by atoms with Crippen LogP contribution in [0.4, 0.5) is 5.69 Å². The lowest BCUT2D eigenvalue weighted by Gasteiger charge is -2.16. The monoisotopic (exact) mass is 353 g/mol. The topological polar surface area (TPSA) is 69.4 Å². The Morgan fingerprint density at radius 1 is 1.16 bits per heavy atom. The van der Waals surface area contributed by atoms with E-state index < -0.39 is 10.8 Å². The fraction of sp³-hybridized carbons (Fsp3) is 0.105. The number of hydrogen-bond donors (Lipinski definition) is 0. The van der Waals surface area contributed by atoms with Crippen molar-refractivity contribution in [3.8, 4) is 16.2 Å². The Morgan fingerprint density at radius 2 is 1.92 bits per heavy atom. The van der Waals surface area contributed by atoms with Gasteiger partial charge in [0.15, 0.2) is 0 Å². The number of ether oxygens (including phenoxy) is 1. The van der Waals surface area contributed by atoms with E-state index in [0.29, 0.717) is 11.3 Å². The summed E-state index contributed by atoms with van der Waals surface area (Å²) in [4.78, 5) is 23.3. The number of benzene rings is 2. The number of nitrogens with zero attached hydrogens (tertiary/aromatic N) is 1. The number of aldehydes is 1. The van der Waals surface area contributed by atoms with Gasteiger partial charge >= 0.3 is 0 Å². The molecule has 1 heterocycles. The zero-order valence-corrected chi connectivity index (χ0v) is 14.2. The maximum absolute atomic E-state index is 11.8. The van der Waals surface area contributed by atoms with Gasteiger partial charge in [0.25, 0.3) is 5.69 Å². The van der Waals surface area contributed by atoms with E-state index in [-0.39, 0.29) is 5.69 Å². The maximum atomic E-state index is 11.8. The number of nitro groups is 1. The first-order valence-corrected chi connectivity index (χ1v) is 8.43. The quantitative estimate of drug-likeness (QED) is 0.367. The highest BCUT2D eigenvalue weighted by Gasteiger charge is 2.20.